The zero-order valence-corrected chi connectivity index (χ0v) is 17.7. The Morgan fingerprint density at radius 2 is 1.83 bits per heavy atom. The van der Waals surface area contributed by atoms with Crippen LogP contribution >= 0.6 is 0 Å². The highest BCUT2D eigenvalue weighted by Crippen LogP contribution is 2.21. The van der Waals surface area contributed by atoms with Crippen LogP contribution in [0.25, 0.3) is 17.0 Å². The summed E-state index contributed by atoms with van der Waals surface area (Å²) in [6.07, 6.45) is 6.54. The molecule has 3 rings (SSSR count). The molecule has 0 bridgehead atoms. The molecule has 0 aliphatic heterocycles. The first kappa shape index (κ1) is 20.7. The standard InChI is InChI=1S/C24H30N4O/c1-27(2)14-13-20-17-25-23-11-7-18(15-22(20)23)8-12-24(29)26-16-19-5-9-21(10-6-19)28(3)4/h5-12,15,17,25H,13-14,16H2,1-4H3,(H,26,29). The topological polar surface area (TPSA) is 51.4 Å². The highest BCUT2D eigenvalue weighted by molar-refractivity contribution is 5.93. The molecule has 0 fully saturated rings. The zero-order valence-electron chi connectivity index (χ0n) is 17.7. The molecule has 2 aromatic carbocycles. The number of carbonyl (C=O) groups is 1. The van der Waals surface area contributed by atoms with Crippen LogP contribution < -0.4 is 10.2 Å². The van der Waals surface area contributed by atoms with Crippen LogP contribution in [0.1, 0.15) is 16.7 Å². The van der Waals surface area contributed by atoms with Crippen molar-refractivity contribution in [3.05, 3.63) is 71.4 Å². The number of carbonyl (C=O) groups excluding carboxylic acids is 1. The molecule has 0 saturated carbocycles. The number of fused-ring (bicyclic) bond motifs is 1. The number of hydrogen-bond donors (Lipinski definition) is 2. The molecular formula is C24H30N4O. The fourth-order valence-corrected chi connectivity index (χ4v) is 3.18. The van der Waals surface area contributed by atoms with E-state index in [1.807, 2.05) is 38.4 Å². The van der Waals surface area contributed by atoms with Crippen molar-refractivity contribution >= 4 is 28.6 Å². The maximum absolute atomic E-state index is 12.2. The Morgan fingerprint density at radius 1 is 1.07 bits per heavy atom. The van der Waals surface area contributed by atoms with Crippen LogP contribution in [0.5, 0.6) is 0 Å². The Bertz CT molecular complexity index is 984. The molecule has 3 aromatic rings. The Balaban J connectivity index is 1.60. The first-order valence-corrected chi connectivity index (χ1v) is 9.89. The van der Waals surface area contributed by atoms with Gasteiger partial charge >= 0.3 is 0 Å². The summed E-state index contributed by atoms with van der Waals surface area (Å²) < 4.78 is 0. The summed E-state index contributed by atoms with van der Waals surface area (Å²) in [4.78, 5) is 19.8. The molecule has 29 heavy (non-hydrogen) atoms. The van der Waals surface area contributed by atoms with E-state index in [0.29, 0.717) is 6.54 Å². The number of H-pyrrole nitrogens is 1. The van der Waals surface area contributed by atoms with Crippen LogP contribution in [0, 0.1) is 0 Å². The van der Waals surface area contributed by atoms with Gasteiger partial charge in [0.25, 0.3) is 0 Å². The quantitative estimate of drug-likeness (QED) is 0.577. The van der Waals surface area contributed by atoms with Gasteiger partial charge in [-0.3, -0.25) is 4.79 Å². The fraction of sp³-hybridized carbons (Fsp3) is 0.292. The van der Waals surface area contributed by atoms with Crippen molar-refractivity contribution in [2.75, 3.05) is 39.6 Å². The molecule has 0 aliphatic carbocycles. The van der Waals surface area contributed by atoms with E-state index in [-0.39, 0.29) is 5.91 Å². The Hall–Kier alpha value is -3.05. The maximum Gasteiger partial charge on any atom is 0.244 e. The number of rotatable bonds is 8. The van der Waals surface area contributed by atoms with E-state index in [9.17, 15) is 4.79 Å². The van der Waals surface area contributed by atoms with Crippen LogP contribution in [-0.4, -0.2) is 50.5 Å². The lowest BCUT2D eigenvalue weighted by atomic mass is 10.1. The van der Waals surface area contributed by atoms with E-state index in [4.69, 9.17) is 0 Å². The number of aromatic amines is 1. The number of anilines is 1. The van der Waals surface area contributed by atoms with Crippen LogP contribution in [0.15, 0.2) is 54.7 Å². The number of nitrogens with one attached hydrogen (secondary N) is 2. The first-order valence-electron chi connectivity index (χ1n) is 9.89. The van der Waals surface area contributed by atoms with Gasteiger partial charge in [-0.2, -0.15) is 0 Å². The largest absolute Gasteiger partial charge is 0.378 e. The molecule has 1 aromatic heterocycles. The molecule has 0 saturated heterocycles. The van der Waals surface area contributed by atoms with Crippen LogP contribution in [0.3, 0.4) is 0 Å². The minimum absolute atomic E-state index is 0.0938. The molecule has 5 nitrogen and oxygen atoms in total. The van der Waals surface area contributed by atoms with Gasteiger partial charge in [0.05, 0.1) is 0 Å². The molecule has 152 valence electrons. The highest BCUT2D eigenvalue weighted by Gasteiger charge is 2.05. The normalized spacial score (nSPS) is 11.5. The summed E-state index contributed by atoms with van der Waals surface area (Å²) in [6.45, 7) is 1.52. The van der Waals surface area contributed by atoms with Gasteiger partial charge in [-0.25, -0.2) is 0 Å². The van der Waals surface area contributed by atoms with E-state index < -0.39 is 0 Å². The van der Waals surface area contributed by atoms with Crippen molar-refractivity contribution < 1.29 is 4.79 Å². The van der Waals surface area contributed by atoms with Crippen molar-refractivity contribution in [1.82, 2.24) is 15.2 Å². The average Bonchev–Trinajstić information content (AvgIpc) is 3.11. The summed E-state index contributed by atoms with van der Waals surface area (Å²) in [5.41, 5.74) is 5.67. The summed E-state index contributed by atoms with van der Waals surface area (Å²) >= 11 is 0. The summed E-state index contributed by atoms with van der Waals surface area (Å²) in [5, 5.41) is 4.16. The van der Waals surface area contributed by atoms with Crippen molar-refractivity contribution in [3.63, 3.8) is 0 Å². The molecule has 0 unspecified atom stereocenters. The van der Waals surface area contributed by atoms with Gasteiger partial charge in [-0.15, -0.1) is 0 Å². The molecule has 0 atom stereocenters. The second kappa shape index (κ2) is 9.43. The second-order valence-corrected chi connectivity index (χ2v) is 7.78. The predicted octanol–water partition coefficient (Wildman–Crippen LogP) is 3.67. The van der Waals surface area contributed by atoms with Crippen molar-refractivity contribution in [2.24, 2.45) is 0 Å². The van der Waals surface area contributed by atoms with Crippen molar-refractivity contribution in [3.8, 4) is 0 Å². The van der Waals surface area contributed by atoms with Crippen LogP contribution in [0.4, 0.5) is 5.69 Å². The summed E-state index contributed by atoms with van der Waals surface area (Å²) in [7, 11) is 8.19. The lowest BCUT2D eigenvalue weighted by molar-refractivity contribution is -0.116. The van der Waals surface area contributed by atoms with E-state index >= 15 is 0 Å². The summed E-state index contributed by atoms with van der Waals surface area (Å²) in [6, 6.07) is 14.4. The van der Waals surface area contributed by atoms with Gasteiger partial charge in [0.15, 0.2) is 0 Å². The van der Waals surface area contributed by atoms with Gasteiger partial charge in [-0.1, -0.05) is 18.2 Å². The van der Waals surface area contributed by atoms with E-state index in [2.05, 4.69) is 64.7 Å². The van der Waals surface area contributed by atoms with E-state index in [1.165, 1.54) is 10.9 Å². The monoisotopic (exact) mass is 390 g/mol. The molecular weight excluding hydrogens is 360 g/mol. The molecule has 0 spiro atoms. The number of hydrogen-bond acceptors (Lipinski definition) is 3. The first-order chi connectivity index (χ1) is 13.9. The third kappa shape index (κ3) is 5.72. The third-order valence-corrected chi connectivity index (χ3v) is 4.97. The van der Waals surface area contributed by atoms with Gasteiger partial charge in [0, 0.05) is 56.0 Å². The lowest BCUT2D eigenvalue weighted by Crippen LogP contribution is -2.20. The predicted molar refractivity (Wildman–Crippen MR) is 122 cm³/mol. The number of benzene rings is 2. The molecule has 2 N–H and O–H groups in total. The second-order valence-electron chi connectivity index (χ2n) is 7.78. The maximum atomic E-state index is 12.2. The Labute approximate surface area is 173 Å². The van der Waals surface area contributed by atoms with Crippen molar-refractivity contribution in [2.45, 2.75) is 13.0 Å². The van der Waals surface area contributed by atoms with Gasteiger partial charge in [0.2, 0.25) is 5.91 Å². The Morgan fingerprint density at radius 3 is 2.52 bits per heavy atom. The van der Waals surface area contributed by atoms with Gasteiger partial charge in [0.1, 0.15) is 0 Å². The van der Waals surface area contributed by atoms with Gasteiger partial charge in [-0.05, 0) is 67.5 Å². The van der Waals surface area contributed by atoms with Crippen LogP contribution in [0.2, 0.25) is 0 Å². The lowest BCUT2D eigenvalue weighted by Gasteiger charge is -2.12. The number of nitrogens with zero attached hydrogens (tertiary/aromatic N) is 2. The van der Waals surface area contributed by atoms with Gasteiger partial charge < -0.3 is 20.1 Å². The molecule has 1 heterocycles. The minimum atomic E-state index is -0.0938. The Kier molecular flexibility index (Phi) is 6.73. The average molecular weight is 391 g/mol. The molecule has 0 radical (unpaired) electrons. The minimum Gasteiger partial charge on any atom is -0.378 e. The third-order valence-electron chi connectivity index (χ3n) is 4.97. The van der Waals surface area contributed by atoms with E-state index in [0.717, 1.165) is 35.3 Å². The number of aromatic nitrogens is 1. The van der Waals surface area contributed by atoms with Crippen LogP contribution in [-0.2, 0) is 17.8 Å². The number of likely N-dealkylation sites (N-methyl/N-ethyl adjacent to an activating group) is 1. The molecule has 0 aliphatic rings. The molecule has 5 heteroatoms. The van der Waals surface area contributed by atoms with E-state index in [1.54, 1.807) is 6.08 Å². The SMILES string of the molecule is CN(C)CCc1c[nH]c2ccc(C=CC(=O)NCc3ccc(N(C)C)cc3)cc12. The smallest absolute Gasteiger partial charge is 0.244 e. The zero-order chi connectivity index (χ0) is 20.8. The summed E-state index contributed by atoms with van der Waals surface area (Å²) in [5.74, 6) is -0.0938. The number of amides is 1. The van der Waals surface area contributed by atoms with Crippen molar-refractivity contribution in [1.29, 1.82) is 0 Å². The highest BCUT2D eigenvalue weighted by atomic mass is 16.1. The molecule has 1 amide bonds. The fourth-order valence-electron chi connectivity index (χ4n) is 3.18.